The third-order valence-electron chi connectivity index (χ3n) is 6.55. The summed E-state index contributed by atoms with van der Waals surface area (Å²) in [7, 11) is -2.26. The Morgan fingerprint density at radius 2 is 1.49 bits per heavy atom. The van der Waals surface area contributed by atoms with Gasteiger partial charge in [-0.1, -0.05) is 24.3 Å². The molecule has 2 amide bonds. The zero-order valence-electron chi connectivity index (χ0n) is 20.1. The predicted octanol–water partition coefficient (Wildman–Crippen LogP) is 1.69. The molecule has 9 nitrogen and oxygen atoms in total. The van der Waals surface area contributed by atoms with Gasteiger partial charge in [-0.3, -0.25) is 23.7 Å². The lowest BCUT2D eigenvalue weighted by atomic mass is 10.3. The van der Waals surface area contributed by atoms with Gasteiger partial charge in [-0.15, -0.1) is 0 Å². The molecule has 0 aromatic heterocycles. The van der Waals surface area contributed by atoms with Gasteiger partial charge in [0.2, 0.25) is 11.8 Å². The van der Waals surface area contributed by atoms with Crippen molar-refractivity contribution in [2.24, 2.45) is 0 Å². The van der Waals surface area contributed by atoms with Crippen molar-refractivity contribution < 1.29 is 18.0 Å². The third kappa shape index (κ3) is 6.39. The van der Waals surface area contributed by atoms with Crippen LogP contribution in [0.15, 0.2) is 59.5 Å². The number of carbonyl (C=O) groups is 2. The fourth-order valence-corrected chi connectivity index (χ4v) is 5.68. The van der Waals surface area contributed by atoms with Gasteiger partial charge in [0.25, 0.3) is 10.0 Å². The molecule has 2 aliphatic heterocycles. The summed E-state index contributed by atoms with van der Waals surface area (Å²) in [4.78, 5) is 31.2. The number of nitrogens with zero attached hydrogens (tertiary/aromatic N) is 4. The van der Waals surface area contributed by atoms with Crippen LogP contribution in [0.5, 0.6) is 0 Å². The topological polar surface area (TPSA) is 93.3 Å². The van der Waals surface area contributed by atoms with Crippen LogP contribution in [0, 0.1) is 0 Å². The molecule has 4 rings (SSSR count). The van der Waals surface area contributed by atoms with Crippen molar-refractivity contribution in [2.75, 3.05) is 69.0 Å². The monoisotopic (exact) mass is 499 g/mol. The van der Waals surface area contributed by atoms with Crippen LogP contribution in [-0.2, 0) is 19.6 Å². The first-order valence-electron chi connectivity index (χ1n) is 12.0. The summed E-state index contributed by atoms with van der Waals surface area (Å²) in [5.41, 5.74) is 0.996. The first-order valence-corrected chi connectivity index (χ1v) is 13.4. The number of amides is 2. The van der Waals surface area contributed by atoms with Crippen LogP contribution in [0.3, 0.4) is 0 Å². The maximum absolute atomic E-state index is 13.1. The molecule has 1 N–H and O–H groups in total. The number of nitrogens with one attached hydrogen (secondary N) is 1. The van der Waals surface area contributed by atoms with Crippen LogP contribution in [-0.4, -0.2) is 94.3 Å². The molecule has 0 unspecified atom stereocenters. The Hall–Kier alpha value is -2.95. The number of likely N-dealkylation sites (tertiary alicyclic amines) is 1. The number of benzene rings is 2. The van der Waals surface area contributed by atoms with Crippen LogP contribution >= 0.6 is 0 Å². The summed E-state index contributed by atoms with van der Waals surface area (Å²) >= 11 is 0. The van der Waals surface area contributed by atoms with Crippen LogP contribution in [0.1, 0.15) is 12.8 Å². The number of hydrogen-bond donors (Lipinski definition) is 1. The highest BCUT2D eigenvalue weighted by atomic mass is 32.2. The summed E-state index contributed by atoms with van der Waals surface area (Å²) in [6.45, 7) is 5.29. The molecule has 10 heteroatoms. The van der Waals surface area contributed by atoms with E-state index in [4.69, 9.17) is 0 Å². The van der Waals surface area contributed by atoms with E-state index in [1.165, 1.54) is 23.5 Å². The summed E-state index contributed by atoms with van der Waals surface area (Å²) in [6, 6.07) is 15.2. The van der Waals surface area contributed by atoms with Crippen LogP contribution in [0.2, 0.25) is 0 Å². The van der Waals surface area contributed by atoms with E-state index in [-0.39, 0.29) is 23.3 Å². The average molecular weight is 500 g/mol. The molecule has 0 bridgehead atoms. The molecule has 0 atom stereocenters. The van der Waals surface area contributed by atoms with E-state index in [0.717, 1.165) is 39.0 Å². The van der Waals surface area contributed by atoms with Gasteiger partial charge in [0, 0.05) is 52.0 Å². The number of rotatable bonds is 8. The van der Waals surface area contributed by atoms with Gasteiger partial charge < -0.3 is 10.2 Å². The first-order chi connectivity index (χ1) is 16.8. The fraction of sp³-hybridized carbons (Fsp3) is 0.440. The Morgan fingerprint density at radius 1 is 0.857 bits per heavy atom. The lowest BCUT2D eigenvalue weighted by Gasteiger charge is -2.34. The van der Waals surface area contributed by atoms with Gasteiger partial charge in [0.1, 0.15) is 0 Å². The lowest BCUT2D eigenvalue weighted by Crippen LogP contribution is -2.51. The summed E-state index contributed by atoms with van der Waals surface area (Å²) in [5, 5.41) is 2.82. The third-order valence-corrected chi connectivity index (χ3v) is 8.33. The molecule has 2 aliphatic rings. The normalized spacial score (nSPS) is 17.3. The molecule has 0 saturated carbocycles. The molecule has 188 valence electrons. The number of sulfonamides is 1. The molecular formula is C25H33N5O4S. The van der Waals surface area contributed by atoms with Gasteiger partial charge in [0.05, 0.1) is 23.7 Å². The van der Waals surface area contributed by atoms with Gasteiger partial charge in [0.15, 0.2) is 0 Å². The molecule has 0 aliphatic carbocycles. The summed E-state index contributed by atoms with van der Waals surface area (Å²) < 4.78 is 27.3. The summed E-state index contributed by atoms with van der Waals surface area (Å²) in [5.74, 6) is -0.000934. The molecule has 0 spiro atoms. The van der Waals surface area contributed by atoms with Crippen LogP contribution in [0.4, 0.5) is 11.4 Å². The highest BCUT2D eigenvalue weighted by Crippen LogP contribution is 2.23. The number of hydrogen-bond acceptors (Lipinski definition) is 6. The number of carbonyl (C=O) groups excluding carboxylic acids is 2. The van der Waals surface area contributed by atoms with Crippen LogP contribution < -0.4 is 9.62 Å². The maximum Gasteiger partial charge on any atom is 0.264 e. The Bertz CT molecular complexity index is 1130. The Balaban J connectivity index is 1.28. The highest BCUT2D eigenvalue weighted by Gasteiger charge is 2.25. The van der Waals surface area contributed by atoms with Crippen molar-refractivity contribution in [2.45, 2.75) is 17.7 Å². The van der Waals surface area contributed by atoms with Gasteiger partial charge >= 0.3 is 0 Å². The standard InChI is InChI=1S/C25H33N5O4S/c1-27(22-9-3-2-4-10-22)35(33,34)23-11-7-8-21(18-23)26-24(31)19-28-14-16-29(17-15-28)20-25(32)30-12-5-6-13-30/h2-4,7-11,18H,5-6,12-17,19-20H2,1H3,(H,26,31). The molecule has 0 radical (unpaired) electrons. The van der Waals surface area contributed by atoms with Gasteiger partial charge in [-0.2, -0.15) is 0 Å². The zero-order chi connectivity index (χ0) is 24.8. The number of para-hydroxylation sites is 1. The second kappa shape index (κ2) is 11.2. The van der Waals surface area contributed by atoms with Gasteiger partial charge in [-0.05, 0) is 43.2 Å². The van der Waals surface area contributed by atoms with E-state index in [2.05, 4.69) is 15.1 Å². The minimum atomic E-state index is -3.76. The molecule has 2 heterocycles. The predicted molar refractivity (Wildman–Crippen MR) is 136 cm³/mol. The second-order valence-electron chi connectivity index (χ2n) is 9.02. The highest BCUT2D eigenvalue weighted by molar-refractivity contribution is 7.92. The molecule has 2 saturated heterocycles. The van der Waals surface area contributed by atoms with Crippen molar-refractivity contribution in [3.63, 3.8) is 0 Å². The quantitative estimate of drug-likeness (QED) is 0.594. The van der Waals surface area contributed by atoms with E-state index in [1.807, 2.05) is 11.0 Å². The largest absolute Gasteiger partial charge is 0.342 e. The minimum absolute atomic E-state index is 0.109. The Morgan fingerprint density at radius 3 is 2.14 bits per heavy atom. The first kappa shape index (κ1) is 25.2. The van der Waals surface area contributed by atoms with E-state index in [9.17, 15) is 18.0 Å². The zero-order valence-corrected chi connectivity index (χ0v) is 20.9. The van der Waals surface area contributed by atoms with E-state index in [1.54, 1.807) is 36.4 Å². The van der Waals surface area contributed by atoms with Crippen molar-refractivity contribution in [1.29, 1.82) is 0 Å². The smallest absolute Gasteiger partial charge is 0.264 e. The Labute approximate surface area is 207 Å². The van der Waals surface area contributed by atoms with Crippen molar-refractivity contribution in [3.05, 3.63) is 54.6 Å². The lowest BCUT2D eigenvalue weighted by molar-refractivity contribution is -0.132. The molecule has 2 fully saturated rings. The van der Waals surface area contributed by atoms with Crippen molar-refractivity contribution >= 4 is 33.2 Å². The number of piperazine rings is 1. The molecule has 35 heavy (non-hydrogen) atoms. The average Bonchev–Trinajstić information content (AvgIpc) is 3.41. The Kier molecular flexibility index (Phi) is 8.04. The maximum atomic E-state index is 13.1. The fourth-order valence-electron chi connectivity index (χ4n) is 4.44. The van der Waals surface area contributed by atoms with E-state index >= 15 is 0 Å². The second-order valence-corrected chi connectivity index (χ2v) is 11.0. The summed E-state index contributed by atoms with van der Waals surface area (Å²) in [6.07, 6.45) is 2.18. The van der Waals surface area contributed by atoms with Crippen molar-refractivity contribution in [1.82, 2.24) is 14.7 Å². The van der Waals surface area contributed by atoms with Crippen LogP contribution in [0.25, 0.3) is 0 Å². The number of anilines is 2. The van der Waals surface area contributed by atoms with Crippen molar-refractivity contribution in [3.8, 4) is 0 Å². The van der Waals surface area contributed by atoms with E-state index in [0.29, 0.717) is 31.0 Å². The molecular weight excluding hydrogens is 466 g/mol. The molecule has 2 aromatic rings. The minimum Gasteiger partial charge on any atom is -0.342 e. The SMILES string of the molecule is CN(c1ccccc1)S(=O)(=O)c1cccc(NC(=O)CN2CCN(CC(=O)N3CCCC3)CC2)c1. The van der Waals surface area contributed by atoms with E-state index < -0.39 is 10.0 Å². The van der Waals surface area contributed by atoms with Gasteiger partial charge in [-0.25, -0.2) is 8.42 Å². The molecule has 2 aromatic carbocycles.